The molecule has 0 aromatic heterocycles. The molecular formula is C19H20F4N2O2. The number of alkyl halides is 3. The number of carbonyl (C=O) groups excluding carboxylic acids is 1. The van der Waals surface area contributed by atoms with Crippen molar-refractivity contribution >= 4 is 11.6 Å². The van der Waals surface area contributed by atoms with Gasteiger partial charge in [-0.15, -0.1) is 0 Å². The van der Waals surface area contributed by atoms with Gasteiger partial charge < -0.3 is 10.1 Å². The summed E-state index contributed by atoms with van der Waals surface area (Å²) in [5, 5.41) is 2.31. The molecule has 0 bridgehead atoms. The quantitative estimate of drug-likeness (QED) is 0.728. The Balaban J connectivity index is 1.92. The first kappa shape index (κ1) is 20.7. The molecule has 0 aliphatic heterocycles. The normalized spacial score (nSPS) is 12.7. The summed E-state index contributed by atoms with van der Waals surface area (Å²) in [5.41, 5.74) is -1.20. The van der Waals surface area contributed by atoms with Gasteiger partial charge in [0, 0.05) is 6.54 Å². The molecule has 0 saturated carbocycles. The van der Waals surface area contributed by atoms with Crippen LogP contribution in [0.3, 0.4) is 0 Å². The highest BCUT2D eigenvalue weighted by atomic mass is 19.4. The van der Waals surface area contributed by atoms with Gasteiger partial charge in [-0.25, -0.2) is 4.39 Å². The standard InChI is InChI=1S/C19H20F4N2O2/c1-13(25(2)11-12-27-17-10-6-4-8-15(17)20)18(26)24-16-9-5-3-7-14(16)19(21,22)23/h3-10,13H,11-12H2,1-2H3,(H,24,26)/t13-/m0/s1. The number of ether oxygens (including phenoxy) is 1. The van der Waals surface area contributed by atoms with Gasteiger partial charge in [0.15, 0.2) is 11.6 Å². The first-order valence-corrected chi connectivity index (χ1v) is 8.25. The van der Waals surface area contributed by atoms with Crippen LogP contribution in [-0.2, 0) is 11.0 Å². The maximum Gasteiger partial charge on any atom is 0.418 e. The number of nitrogens with one attached hydrogen (secondary N) is 1. The van der Waals surface area contributed by atoms with Gasteiger partial charge in [0.1, 0.15) is 6.61 Å². The molecule has 4 nitrogen and oxygen atoms in total. The Morgan fingerprint density at radius 2 is 1.78 bits per heavy atom. The summed E-state index contributed by atoms with van der Waals surface area (Å²) in [6.07, 6.45) is -4.56. The molecule has 27 heavy (non-hydrogen) atoms. The van der Waals surface area contributed by atoms with Gasteiger partial charge in [0.05, 0.1) is 17.3 Å². The van der Waals surface area contributed by atoms with E-state index < -0.39 is 29.5 Å². The number of rotatable bonds is 7. The number of nitrogens with zero attached hydrogens (tertiary/aromatic N) is 1. The molecule has 0 aliphatic carbocycles. The van der Waals surface area contributed by atoms with Crippen molar-refractivity contribution in [3.63, 3.8) is 0 Å². The maximum absolute atomic E-state index is 13.5. The maximum atomic E-state index is 13.5. The first-order valence-electron chi connectivity index (χ1n) is 8.25. The van der Waals surface area contributed by atoms with Crippen molar-refractivity contribution in [1.29, 1.82) is 0 Å². The van der Waals surface area contributed by atoms with Gasteiger partial charge in [-0.05, 0) is 38.2 Å². The zero-order valence-electron chi connectivity index (χ0n) is 14.9. The zero-order chi connectivity index (χ0) is 20.0. The third-order valence-corrected chi connectivity index (χ3v) is 4.07. The van der Waals surface area contributed by atoms with Crippen LogP contribution in [0.25, 0.3) is 0 Å². The molecule has 1 atom stereocenters. The molecule has 0 aliphatic rings. The lowest BCUT2D eigenvalue weighted by Gasteiger charge is -2.24. The molecule has 2 aromatic rings. The van der Waals surface area contributed by atoms with E-state index in [1.54, 1.807) is 31.0 Å². The lowest BCUT2D eigenvalue weighted by Crippen LogP contribution is -2.41. The van der Waals surface area contributed by atoms with E-state index in [-0.39, 0.29) is 24.6 Å². The Bertz CT molecular complexity index is 780. The topological polar surface area (TPSA) is 41.6 Å². The van der Waals surface area contributed by atoms with Crippen molar-refractivity contribution in [3.05, 3.63) is 59.9 Å². The minimum Gasteiger partial charge on any atom is -0.489 e. The van der Waals surface area contributed by atoms with E-state index in [1.807, 2.05) is 0 Å². The molecular weight excluding hydrogens is 364 g/mol. The fourth-order valence-electron chi connectivity index (χ4n) is 2.33. The molecule has 1 N–H and O–H groups in total. The number of hydrogen-bond donors (Lipinski definition) is 1. The lowest BCUT2D eigenvalue weighted by atomic mass is 10.1. The van der Waals surface area contributed by atoms with Gasteiger partial charge >= 0.3 is 6.18 Å². The van der Waals surface area contributed by atoms with Crippen LogP contribution in [0.4, 0.5) is 23.2 Å². The average Bonchev–Trinajstić information content (AvgIpc) is 2.62. The number of para-hydroxylation sites is 2. The van der Waals surface area contributed by atoms with Crippen LogP contribution in [-0.4, -0.2) is 37.0 Å². The highest BCUT2D eigenvalue weighted by Gasteiger charge is 2.34. The van der Waals surface area contributed by atoms with Crippen LogP contribution in [0.1, 0.15) is 12.5 Å². The molecule has 1 amide bonds. The number of carbonyl (C=O) groups is 1. The summed E-state index contributed by atoms with van der Waals surface area (Å²) in [7, 11) is 1.63. The molecule has 8 heteroatoms. The molecule has 0 spiro atoms. The van der Waals surface area contributed by atoms with E-state index in [9.17, 15) is 22.4 Å². The number of amides is 1. The van der Waals surface area contributed by atoms with Crippen molar-refractivity contribution in [2.45, 2.75) is 19.1 Å². The molecule has 146 valence electrons. The van der Waals surface area contributed by atoms with Crippen molar-refractivity contribution < 1.29 is 27.1 Å². The van der Waals surface area contributed by atoms with Gasteiger partial charge in [0.25, 0.3) is 0 Å². The molecule has 0 radical (unpaired) electrons. The van der Waals surface area contributed by atoms with E-state index in [0.29, 0.717) is 0 Å². The van der Waals surface area contributed by atoms with Gasteiger partial charge in [-0.3, -0.25) is 9.69 Å². The Morgan fingerprint density at radius 1 is 1.15 bits per heavy atom. The second-order valence-electron chi connectivity index (χ2n) is 5.97. The molecule has 0 unspecified atom stereocenters. The van der Waals surface area contributed by atoms with E-state index >= 15 is 0 Å². The van der Waals surface area contributed by atoms with Crippen LogP contribution < -0.4 is 10.1 Å². The summed E-state index contributed by atoms with van der Waals surface area (Å²) in [6, 6.07) is 10.0. The van der Waals surface area contributed by atoms with E-state index in [0.717, 1.165) is 6.07 Å². The highest BCUT2D eigenvalue weighted by molar-refractivity contribution is 5.95. The smallest absolute Gasteiger partial charge is 0.418 e. The van der Waals surface area contributed by atoms with Gasteiger partial charge in [0.2, 0.25) is 5.91 Å². The number of likely N-dealkylation sites (N-methyl/N-ethyl adjacent to an activating group) is 1. The van der Waals surface area contributed by atoms with Crippen molar-refractivity contribution in [1.82, 2.24) is 4.90 Å². The Kier molecular flexibility index (Phi) is 6.79. The Labute approximate surface area is 154 Å². The highest BCUT2D eigenvalue weighted by Crippen LogP contribution is 2.34. The van der Waals surface area contributed by atoms with E-state index in [4.69, 9.17) is 4.74 Å². The van der Waals surface area contributed by atoms with Crippen LogP contribution >= 0.6 is 0 Å². The Hall–Kier alpha value is -2.61. The van der Waals surface area contributed by atoms with Gasteiger partial charge in [-0.1, -0.05) is 24.3 Å². The Morgan fingerprint density at radius 3 is 2.44 bits per heavy atom. The fraction of sp³-hybridized carbons (Fsp3) is 0.316. The lowest BCUT2D eigenvalue weighted by molar-refractivity contribution is -0.137. The molecule has 0 saturated heterocycles. The molecule has 0 fully saturated rings. The number of benzene rings is 2. The summed E-state index contributed by atoms with van der Waals surface area (Å²) in [4.78, 5) is 13.9. The number of anilines is 1. The summed E-state index contributed by atoms with van der Waals surface area (Å²) < 4.78 is 57.8. The second-order valence-corrected chi connectivity index (χ2v) is 5.97. The number of hydrogen-bond acceptors (Lipinski definition) is 3. The monoisotopic (exact) mass is 384 g/mol. The van der Waals surface area contributed by atoms with Gasteiger partial charge in [-0.2, -0.15) is 13.2 Å². The third kappa shape index (κ3) is 5.68. The third-order valence-electron chi connectivity index (χ3n) is 4.07. The van der Waals surface area contributed by atoms with Crippen LogP contribution in [0, 0.1) is 5.82 Å². The largest absolute Gasteiger partial charge is 0.489 e. The first-order chi connectivity index (χ1) is 12.7. The van der Waals surface area contributed by atoms with E-state index in [2.05, 4.69) is 5.32 Å². The van der Waals surface area contributed by atoms with Crippen LogP contribution in [0.5, 0.6) is 5.75 Å². The summed E-state index contributed by atoms with van der Waals surface area (Å²) >= 11 is 0. The predicted molar refractivity (Wildman–Crippen MR) is 94.1 cm³/mol. The SMILES string of the molecule is C[C@@H](C(=O)Nc1ccccc1C(F)(F)F)N(C)CCOc1ccccc1F. The zero-order valence-corrected chi connectivity index (χ0v) is 14.9. The minimum absolute atomic E-state index is 0.0992. The summed E-state index contributed by atoms with van der Waals surface area (Å²) in [5.74, 6) is -0.975. The predicted octanol–water partition coefficient (Wildman–Crippen LogP) is 4.18. The molecule has 2 aromatic carbocycles. The van der Waals surface area contributed by atoms with Crippen molar-refractivity contribution in [2.24, 2.45) is 0 Å². The minimum atomic E-state index is -4.56. The average molecular weight is 384 g/mol. The van der Waals surface area contributed by atoms with E-state index in [1.165, 1.54) is 30.3 Å². The molecule has 0 heterocycles. The fourth-order valence-corrected chi connectivity index (χ4v) is 2.33. The van der Waals surface area contributed by atoms with Crippen molar-refractivity contribution in [2.75, 3.05) is 25.5 Å². The number of halogens is 4. The van der Waals surface area contributed by atoms with Crippen LogP contribution in [0.2, 0.25) is 0 Å². The second kappa shape index (κ2) is 8.85. The van der Waals surface area contributed by atoms with Crippen molar-refractivity contribution in [3.8, 4) is 5.75 Å². The van der Waals surface area contributed by atoms with Crippen LogP contribution in [0.15, 0.2) is 48.5 Å². The summed E-state index contributed by atoms with van der Waals surface area (Å²) in [6.45, 7) is 1.96. The molecule has 2 rings (SSSR count).